The zero-order valence-electron chi connectivity index (χ0n) is 16.8. The Morgan fingerprint density at radius 3 is 2.90 bits per heavy atom. The van der Waals surface area contributed by atoms with Gasteiger partial charge in [-0.05, 0) is 36.2 Å². The minimum atomic E-state index is -0.279. The largest absolute Gasteiger partial charge is 0.380 e. The van der Waals surface area contributed by atoms with Crippen LogP contribution in [0.2, 0.25) is 0 Å². The van der Waals surface area contributed by atoms with Crippen molar-refractivity contribution < 1.29 is 13.9 Å². The van der Waals surface area contributed by atoms with E-state index < -0.39 is 0 Å². The molecule has 0 aliphatic carbocycles. The van der Waals surface area contributed by atoms with Gasteiger partial charge in [0.15, 0.2) is 5.96 Å². The van der Waals surface area contributed by atoms with Crippen LogP contribution in [-0.2, 0) is 22.7 Å². The van der Waals surface area contributed by atoms with Gasteiger partial charge in [0.05, 0.1) is 13.2 Å². The Kier molecular flexibility index (Phi) is 7.19. The van der Waals surface area contributed by atoms with Crippen LogP contribution in [0, 0.1) is 5.82 Å². The van der Waals surface area contributed by atoms with E-state index in [-0.39, 0.29) is 24.2 Å². The molecule has 29 heavy (non-hydrogen) atoms. The summed E-state index contributed by atoms with van der Waals surface area (Å²) in [5, 5.41) is 9.47. The van der Waals surface area contributed by atoms with E-state index in [0.717, 1.165) is 16.8 Å². The molecule has 154 valence electrons. The van der Waals surface area contributed by atoms with Crippen molar-refractivity contribution in [1.82, 2.24) is 10.6 Å². The molecule has 0 saturated carbocycles. The number of ether oxygens (including phenoxy) is 1. The van der Waals surface area contributed by atoms with Crippen LogP contribution in [0.15, 0.2) is 47.5 Å². The number of halogens is 1. The number of guanidine groups is 1. The molecule has 2 aromatic carbocycles. The number of methoxy groups -OCH3 is 1. The lowest BCUT2D eigenvalue weighted by molar-refractivity contribution is -0.116. The Labute approximate surface area is 170 Å². The molecule has 3 N–H and O–H groups in total. The molecule has 1 aliphatic rings. The third kappa shape index (κ3) is 5.54. The van der Waals surface area contributed by atoms with Crippen LogP contribution in [0.1, 0.15) is 36.0 Å². The van der Waals surface area contributed by atoms with Crippen molar-refractivity contribution in [3.05, 3.63) is 65.0 Å². The van der Waals surface area contributed by atoms with E-state index in [0.29, 0.717) is 37.6 Å². The second-order valence-corrected chi connectivity index (χ2v) is 6.97. The summed E-state index contributed by atoms with van der Waals surface area (Å²) in [7, 11) is 1.54. The van der Waals surface area contributed by atoms with Gasteiger partial charge in [-0.15, -0.1) is 0 Å². The summed E-state index contributed by atoms with van der Waals surface area (Å²) < 4.78 is 18.8. The van der Waals surface area contributed by atoms with Gasteiger partial charge in [0.25, 0.3) is 0 Å². The number of para-hydroxylation sites is 1. The first-order valence-electron chi connectivity index (χ1n) is 9.78. The van der Waals surface area contributed by atoms with Crippen LogP contribution in [-0.4, -0.2) is 32.1 Å². The number of carbonyl (C=O) groups is 1. The second kappa shape index (κ2) is 10.0. The summed E-state index contributed by atoms with van der Waals surface area (Å²) >= 11 is 0. The van der Waals surface area contributed by atoms with Gasteiger partial charge in [-0.3, -0.25) is 4.79 Å². The number of hydrogen-bond donors (Lipinski definition) is 3. The molecular weight excluding hydrogens is 371 g/mol. The molecule has 1 heterocycles. The van der Waals surface area contributed by atoms with Gasteiger partial charge in [-0.2, -0.15) is 0 Å². The first kappa shape index (κ1) is 20.8. The van der Waals surface area contributed by atoms with Crippen molar-refractivity contribution in [2.45, 2.75) is 32.4 Å². The Balaban J connectivity index is 1.68. The summed E-state index contributed by atoms with van der Waals surface area (Å²) in [6.07, 6.45) is 0.432. The number of nitrogens with zero attached hydrogens (tertiary/aromatic N) is 1. The minimum absolute atomic E-state index is 0.0226. The average molecular weight is 398 g/mol. The fraction of sp³-hybridized carbons (Fsp3) is 0.364. The highest BCUT2D eigenvalue weighted by Gasteiger charge is 2.24. The third-order valence-corrected chi connectivity index (χ3v) is 4.80. The topological polar surface area (TPSA) is 74.8 Å². The van der Waals surface area contributed by atoms with Crippen LogP contribution >= 0.6 is 0 Å². The van der Waals surface area contributed by atoms with E-state index in [2.05, 4.69) is 20.9 Å². The molecule has 6 nitrogen and oxygen atoms in total. The van der Waals surface area contributed by atoms with Gasteiger partial charge < -0.3 is 20.7 Å². The van der Waals surface area contributed by atoms with Gasteiger partial charge in [0.1, 0.15) is 5.82 Å². The normalized spacial score (nSPS) is 16.2. The summed E-state index contributed by atoms with van der Waals surface area (Å²) in [5.41, 5.74) is 3.41. The highest BCUT2D eigenvalue weighted by Crippen LogP contribution is 2.31. The first-order chi connectivity index (χ1) is 14.1. The molecule has 0 radical (unpaired) electrons. The number of aliphatic imine (C=N–C) groups is 1. The minimum Gasteiger partial charge on any atom is -0.380 e. The number of benzene rings is 2. The fourth-order valence-electron chi connectivity index (χ4n) is 3.41. The maximum Gasteiger partial charge on any atom is 0.225 e. The molecule has 1 unspecified atom stereocenters. The molecule has 0 bridgehead atoms. The monoisotopic (exact) mass is 398 g/mol. The number of rotatable bonds is 7. The zero-order chi connectivity index (χ0) is 20.6. The predicted molar refractivity (Wildman–Crippen MR) is 112 cm³/mol. The molecule has 0 aromatic heterocycles. The number of hydrogen-bond acceptors (Lipinski definition) is 3. The Bertz CT molecular complexity index is 885. The van der Waals surface area contributed by atoms with Crippen molar-refractivity contribution >= 4 is 17.6 Å². The number of fused-ring (bicyclic) bond motifs is 1. The predicted octanol–water partition coefficient (Wildman–Crippen LogP) is 3.15. The molecule has 2 aromatic rings. The molecule has 0 fully saturated rings. The lowest BCUT2D eigenvalue weighted by Gasteiger charge is -2.26. The SMILES string of the molecule is CCNC(=NCc1ccc(F)c(COC)c1)NCC1CC(=O)Nc2ccccc21. The molecule has 3 rings (SSSR count). The van der Waals surface area contributed by atoms with Crippen molar-refractivity contribution in [1.29, 1.82) is 0 Å². The highest BCUT2D eigenvalue weighted by atomic mass is 19.1. The maximum atomic E-state index is 13.8. The zero-order valence-corrected chi connectivity index (χ0v) is 16.8. The van der Waals surface area contributed by atoms with E-state index in [1.54, 1.807) is 19.2 Å². The maximum absolute atomic E-state index is 13.8. The van der Waals surface area contributed by atoms with Gasteiger partial charge in [0.2, 0.25) is 5.91 Å². The number of nitrogens with one attached hydrogen (secondary N) is 3. The molecule has 0 spiro atoms. The Hall–Kier alpha value is -2.93. The second-order valence-electron chi connectivity index (χ2n) is 6.97. The van der Waals surface area contributed by atoms with Crippen LogP contribution in [0.4, 0.5) is 10.1 Å². The van der Waals surface area contributed by atoms with E-state index in [1.807, 2.05) is 31.2 Å². The summed E-state index contributed by atoms with van der Waals surface area (Å²) in [5.74, 6) is 0.477. The van der Waals surface area contributed by atoms with Crippen LogP contribution < -0.4 is 16.0 Å². The van der Waals surface area contributed by atoms with Crippen LogP contribution in [0.25, 0.3) is 0 Å². The summed E-state index contributed by atoms with van der Waals surface area (Å²) in [6.45, 7) is 3.94. The Morgan fingerprint density at radius 2 is 2.10 bits per heavy atom. The smallest absolute Gasteiger partial charge is 0.225 e. The molecular formula is C22H27FN4O2. The number of anilines is 1. The summed E-state index contributed by atoms with van der Waals surface area (Å²) in [4.78, 5) is 16.6. The van der Waals surface area contributed by atoms with E-state index >= 15 is 0 Å². The van der Waals surface area contributed by atoms with Gasteiger partial charge in [0, 0.05) is 43.8 Å². The molecule has 1 aliphatic heterocycles. The van der Waals surface area contributed by atoms with Gasteiger partial charge in [-0.1, -0.05) is 24.3 Å². The van der Waals surface area contributed by atoms with E-state index in [9.17, 15) is 9.18 Å². The van der Waals surface area contributed by atoms with Gasteiger partial charge >= 0.3 is 0 Å². The van der Waals surface area contributed by atoms with Crippen LogP contribution in [0.3, 0.4) is 0 Å². The molecule has 1 amide bonds. The number of carbonyl (C=O) groups excluding carboxylic acids is 1. The quantitative estimate of drug-likeness (QED) is 0.495. The van der Waals surface area contributed by atoms with E-state index in [4.69, 9.17) is 4.74 Å². The van der Waals surface area contributed by atoms with Crippen molar-refractivity contribution in [3.8, 4) is 0 Å². The molecule has 1 atom stereocenters. The fourth-order valence-corrected chi connectivity index (χ4v) is 3.41. The molecule has 0 saturated heterocycles. The first-order valence-corrected chi connectivity index (χ1v) is 9.78. The van der Waals surface area contributed by atoms with E-state index in [1.165, 1.54) is 6.07 Å². The third-order valence-electron chi connectivity index (χ3n) is 4.80. The lowest BCUT2D eigenvalue weighted by Crippen LogP contribution is -2.40. The van der Waals surface area contributed by atoms with Crippen molar-refractivity contribution in [2.75, 3.05) is 25.5 Å². The highest BCUT2D eigenvalue weighted by molar-refractivity contribution is 5.94. The van der Waals surface area contributed by atoms with Crippen LogP contribution in [0.5, 0.6) is 0 Å². The summed E-state index contributed by atoms with van der Waals surface area (Å²) in [6, 6.07) is 12.8. The average Bonchev–Trinajstić information content (AvgIpc) is 2.72. The number of amides is 1. The Morgan fingerprint density at radius 1 is 1.28 bits per heavy atom. The lowest BCUT2D eigenvalue weighted by atomic mass is 9.90. The molecule has 7 heteroatoms. The van der Waals surface area contributed by atoms with Gasteiger partial charge in [-0.25, -0.2) is 9.38 Å². The van der Waals surface area contributed by atoms with Crippen molar-refractivity contribution in [2.24, 2.45) is 4.99 Å². The standard InChI is InChI=1S/C22H27FN4O2/c1-3-24-22(25-12-15-8-9-19(23)17(10-15)14-29-2)26-13-16-11-21(28)27-20-7-5-4-6-18(16)20/h4-10,16H,3,11-14H2,1-2H3,(H,27,28)(H2,24,25,26). The van der Waals surface area contributed by atoms with Crippen molar-refractivity contribution in [3.63, 3.8) is 0 Å².